The van der Waals surface area contributed by atoms with Crippen LogP contribution in [0.2, 0.25) is 0 Å². The number of hydrogen-bond donors (Lipinski definition) is 1. The van der Waals surface area contributed by atoms with E-state index in [0.717, 1.165) is 62.4 Å². The number of amides is 1. The van der Waals surface area contributed by atoms with E-state index in [1.54, 1.807) is 6.07 Å². The number of para-hydroxylation sites is 1. The molecule has 32 heavy (non-hydrogen) atoms. The highest BCUT2D eigenvalue weighted by atomic mass is 19.1. The van der Waals surface area contributed by atoms with Crippen LogP contribution in [0, 0.1) is 11.2 Å². The predicted molar refractivity (Wildman–Crippen MR) is 127 cm³/mol. The van der Waals surface area contributed by atoms with Crippen LogP contribution in [0.15, 0.2) is 42.5 Å². The summed E-state index contributed by atoms with van der Waals surface area (Å²) in [6.45, 7) is 10.2. The zero-order valence-electron chi connectivity index (χ0n) is 19.4. The predicted octanol–water partition coefficient (Wildman–Crippen LogP) is 4.01. The summed E-state index contributed by atoms with van der Waals surface area (Å²) in [5.41, 5.74) is 3.24. The molecule has 1 amide bonds. The van der Waals surface area contributed by atoms with E-state index >= 15 is 0 Å². The maximum Gasteiger partial charge on any atom is 0.232 e. The number of aliphatic hydroxyl groups excluding tert-OH is 1. The molecule has 0 saturated carbocycles. The number of carbonyl (C=O) groups excluding carboxylic acids is 1. The minimum Gasteiger partial charge on any atom is -0.387 e. The number of aliphatic hydroxyl groups is 1. The molecular weight excluding hydrogens is 405 g/mol. The number of halogens is 1. The first-order valence-electron chi connectivity index (χ1n) is 11.6. The van der Waals surface area contributed by atoms with Crippen LogP contribution in [-0.2, 0) is 11.2 Å². The Morgan fingerprint density at radius 2 is 1.75 bits per heavy atom. The Bertz CT molecular complexity index is 964. The van der Waals surface area contributed by atoms with Crippen LogP contribution in [-0.4, -0.2) is 55.2 Å². The van der Waals surface area contributed by atoms with Crippen LogP contribution in [0.1, 0.15) is 44.4 Å². The summed E-state index contributed by atoms with van der Waals surface area (Å²) in [5, 5.41) is 10.9. The summed E-state index contributed by atoms with van der Waals surface area (Å²) < 4.78 is 14.1. The number of hydrogen-bond acceptors (Lipinski definition) is 4. The summed E-state index contributed by atoms with van der Waals surface area (Å²) in [5.74, 6) is -0.0477. The van der Waals surface area contributed by atoms with Crippen molar-refractivity contribution in [1.82, 2.24) is 4.90 Å². The van der Waals surface area contributed by atoms with E-state index in [4.69, 9.17) is 0 Å². The average Bonchev–Trinajstić information content (AvgIpc) is 2.78. The van der Waals surface area contributed by atoms with Crippen molar-refractivity contribution in [2.45, 2.75) is 39.7 Å². The van der Waals surface area contributed by atoms with Gasteiger partial charge in [0.2, 0.25) is 5.91 Å². The van der Waals surface area contributed by atoms with Gasteiger partial charge in [-0.2, -0.15) is 0 Å². The van der Waals surface area contributed by atoms with Crippen molar-refractivity contribution >= 4 is 17.3 Å². The molecule has 1 N–H and O–H groups in total. The summed E-state index contributed by atoms with van der Waals surface area (Å²) in [4.78, 5) is 19.1. The molecule has 0 aromatic heterocycles. The van der Waals surface area contributed by atoms with Gasteiger partial charge in [-0.3, -0.25) is 9.69 Å². The lowest BCUT2D eigenvalue weighted by molar-refractivity contribution is -0.125. The van der Waals surface area contributed by atoms with Crippen molar-refractivity contribution in [3.63, 3.8) is 0 Å². The molecule has 5 nitrogen and oxygen atoms in total. The number of anilines is 2. The topological polar surface area (TPSA) is 47.0 Å². The fraction of sp³-hybridized carbons (Fsp3) is 0.500. The van der Waals surface area contributed by atoms with Crippen LogP contribution < -0.4 is 9.80 Å². The molecule has 2 aromatic carbocycles. The first-order valence-corrected chi connectivity index (χ1v) is 11.6. The summed E-state index contributed by atoms with van der Waals surface area (Å²) in [6.07, 6.45) is 1.27. The third-order valence-corrected chi connectivity index (χ3v) is 6.49. The highest BCUT2D eigenvalue weighted by Crippen LogP contribution is 2.33. The van der Waals surface area contributed by atoms with E-state index in [-0.39, 0.29) is 11.7 Å². The number of β-amino-alcohol motifs (C(OH)–C–C–N with tert-alkyl or cyclic N) is 1. The standard InChI is InChI=1S/C26H34FN3O2/c1-26(2,3)25(32)30-12-6-7-19-17-20(10-11-22(19)30)24(31)18-28-13-15-29(16-14-28)23-9-5-4-8-21(23)27/h4-5,8-11,17,24,31H,6-7,12-16,18H2,1-3H3. The number of aryl methyl sites for hydroxylation is 1. The van der Waals surface area contributed by atoms with Crippen LogP contribution in [0.25, 0.3) is 0 Å². The maximum atomic E-state index is 14.1. The Labute approximate surface area is 190 Å². The highest BCUT2D eigenvalue weighted by Gasteiger charge is 2.31. The van der Waals surface area contributed by atoms with Gasteiger partial charge in [-0.05, 0) is 42.2 Å². The van der Waals surface area contributed by atoms with E-state index in [2.05, 4.69) is 15.9 Å². The smallest absolute Gasteiger partial charge is 0.232 e. The van der Waals surface area contributed by atoms with Gasteiger partial charge in [-0.1, -0.05) is 45.0 Å². The van der Waals surface area contributed by atoms with Crippen molar-refractivity contribution in [3.05, 3.63) is 59.4 Å². The molecule has 1 saturated heterocycles. The van der Waals surface area contributed by atoms with Gasteiger partial charge in [0.1, 0.15) is 5.82 Å². The van der Waals surface area contributed by atoms with Crippen molar-refractivity contribution in [2.24, 2.45) is 5.41 Å². The number of rotatable bonds is 4. The lowest BCUT2D eigenvalue weighted by atomic mass is 9.91. The zero-order valence-corrected chi connectivity index (χ0v) is 19.4. The molecular formula is C26H34FN3O2. The van der Waals surface area contributed by atoms with Crippen molar-refractivity contribution in [1.29, 1.82) is 0 Å². The monoisotopic (exact) mass is 439 g/mol. The van der Waals surface area contributed by atoms with E-state index in [1.807, 2.05) is 49.9 Å². The number of carbonyl (C=O) groups is 1. The summed E-state index contributed by atoms with van der Waals surface area (Å²) in [7, 11) is 0. The SMILES string of the molecule is CC(C)(C)C(=O)N1CCCc2cc(C(O)CN3CCN(c4ccccc4F)CC3)ccc21. The van der Waals surface area contributed by atoms with Crippen LogP contribution in [0.3, 0.4) is 0 Å². The number of benzene rings is 2. The first-order chi connectivity index (χ1) is 15.2. The van der Waals surface area contributed by atoms with E-state index in [9.17, 15) is 14.3 Å². The largest absolute Gasteiger partial charge is 0.387 e. The molecule has 0 bridgehead atoms. The summed E-state index contributed by atoms with van der Waals surface area (Å²) in [6, 6.07) is 12.9. The Morgan fingerprint density at radius 3 is 2.44 bits per heavy atom. The van der Waals surface area contributed by atoms with Crippen molar-refractivity contribution in [2.75, 3.05) is 49.1 Å². The molecule has 172 valence electrons. The fourth-order valence-corrected chi connectivity index (χ4v) is 4.67. The maximum absolute atomic E-state index is 14.1. The molecule has 6 heteroatoms. The molecule has 1 fully saturated rings. The van der Waals surface area contributed by atoms with Crippen LogP contribution in [0.4, 0.5) is 15.8 Å². The van der Waals surface area contributed by atoms with Gasteiger partial charge in [0, 0.05) is 50.4 Å². The van der Waals surface area contributed by atoms with Crippen molar-refractivity contribution < 1.29 is 14.3 Å². The number of fused-ring (bicyclic) bond motifs is 1. The van der Waals surface area contributed by atoms with Gasteiger partial charge in [0.05, 0.1) is 11.8 Å². The lowest BCUT2D eigenvalue weighted by Gasteiger charge is -2.37. The number of piperazine rings is 1. The Kier molecular flexibility index (Phi) is 6.54. The summed E-state index contributed by atoms with van der Waals surface area (Å²) >= 11 is 0. The quantitative estimate of drug-likeness (QED) is 0.782. The number of nitrogens with zero attached hydrogens (tertiary/aromatic N) is 3. The Hall–Kier alpha value is -2.44. The normalized spacial score (nSPS) is 18.4. The molecule has 2 aliphatic heterocycles. The zero-order chi connectivity index (χ0) is 22.9. The van der Waals surface area contributed by atoms with Gasteiger partial charge in [-0.15, -0.1) is 0 Å². The van der Waals surface area contributed by atoms with Gasteiger partial charge in [-0.25, -0.2) is 4.39 Å². The molecule has 0 spiro atoms. The van der Waals surface area contributed by atoms with Gasteiger partial charge >= 0.3 is 0 Å². The van der Waals surface area contributed by atoms with E-state index in [1.165, 1.54) is 6.07 Å². The van der Waals surface area contributed by atoms with Crippen LogP contribution in [0.5, 0.6) is 0 Å². The second kappa shape index (κ2) is 9.20. The minimum atomic E-state index is -0.589. The molecule has 2 aliphatic rings. The molecule has 2 aromatic rings. The van der Waals surface area contributed by atoms with E-state index < -0.39 is 11.5 Å². The second-order valence-corrected chi connectivity index (χ2v) is 9.95. The fourth-order valence-electron chi connectivity index (χ4n) is 4.67. The Morgan fingerprint density at radius 1 is 1.03 bits per heavy atom. The van der Waals surface area contributed by atoms with Gasteiger partial charge < -0.3 is 14.9 Å². The molecule has 1 atom stereocenters. The van der Waals surface area contributed by atoms with Crippen molar-refractivity contribution in [3.8, 4) is 0 Å². The molecule has 4 rings (SSSR count). The third-order valence-electron chi connectivity index (χ3n) is 6.49. The van der Waals surface area contributed by atoms with Gasteiger partial charge in [0.25, 0.3) is 0 Å². The van der Waals surface area contributed by atoms with E-state index in [0.29, 0.717) is 12.2 Å². The minimum absolute atomic E-state index is 0.138. The molecule has 0 radical (unpaired) electrons. The highest BCUT2D eigenvalue weighted by molar-refractivity contribution is 5.98. The second-order valence-electron chi connectivity index (χ2n) is 9.95. The third kappa shape index (κ3) is 4.81. The van der Waals surface area contributed by atoms with Crippen LogP contribution >= 0.6 is 0 Å². The molecule has 2 heterocycles. The Balaban J connectivity index is 1.39. The van der Waals surface area contributed by atoms with Gasteiger partial charge in [0.15, 0.2) is 0 Å². The lowest BCUT2D eigenvalue weighted by Crippen LogP contribution is -2.47. The molecule has 1 unspecified atom stereocenters. The average molecular weight is 440 g/mol. The first kappa shape index (κ1) is 22.7. The molecule has 0 aliphatic carbocycles.